The van der Waals surface area contributed by atoms with Crippen molar-refractivity contribution in [2.75, 3.05) is 6.61 Å². The number of hydrogen-bond donors (Lipinski definition) is 4. The van der Waals surface area contributed by atoms with Crippen molar-refractivity contribution in [3.05, 3.63) is 0 Å². The molecule has 4 N–H and O–H groups in total. The Hall–Kier alpha value is -0.240. The van der Waals surface area contributed by atoms with Gasteiger partial charge in [0, 0.05) is 0 Å². The van der Waals surface area contributed by atoms with E-state index < -0.39 is 37.3 Å². The molecule has 1 aliphatic heterocycles. The van der Waals surface area contributed by atoms with Gasteiger partial charge in [-0.1, -0.05) is 60.3 Å². The zero-order chi connectivity index (χ0) is 28.1. The number of hydrogen-bond acceptors (Lipinski definition) is 6. The molecule has 0 aromatic rings. The highest BCUT2D eigenvalue weighted by Crippen LogP contribution is 2.68. The van der Waals surface area contributed by atoms with Crippen LogP contribution in [0.4, 0.5) is 0 Å². The van der Waals surface area contributed by atoms with Gasteiger partial charge in [-0.25, -0.2) is 0 Å². The minimum absolute atomic E-state index is 0.000865. The highest BCUT2D eigenvalue weighted by atomic mass is 16.6. The molecule has 5 fully saturated rings. The van der Waals surface area contributed by atoms with Crippen LogP contribution in [0.2, 0.25) is 0 Å². The Labute approximate surface area is 237 Å². The van der Waals surface area contributed by atoms with Crippen LogP contribution < -0.4 is 0 Å². The van der Waals surface area contributed by atoms with E-state index in [2.05, 4.69) is 34.6 Å². The Morgan fingerprint density at radius 2 is 1.64 bits per heavy atom. The van der Waals surface area contributed by atoms with E-state index in [4.69, 9.17) is 9.47 Å². The summed E-state index contributed by atoms with van der Waals surface area (Å²) in [5.41, 5.74) is 0.444. The fourth-order valence-electron chi connectivity index (χ4n) is 10.9. The average molecular weight is 551 g/mol. The molecule has 6 nitrogen and oxygen atoms in total. The molecule has 226 valence electrons. The van der Waals surface area contributed by atoms with Gasteiger partial charge in [0.25, 0.3) is 0 Å². The Balaban J connectivity index is 1.34. The summed E-state index contributed by atoms with van der Waals surface area (Å²) >= 11 is 0. The summed E-state index contributed by atoms with van der Waals surface area (Å²) in [6.07, 6.45) is 9.28. The first-order valence-electron chi connectivity index (χ1n) is 16.5. The van der Waals surface area contributed by atoms with Crippen LogP contribution in [0.25, 0.3) is 0 Å². The summed E-state index contributed by atoms with van der Waals surface area (Å²) in [5.74, 6) is 5.14. The number of ether oxygens (including phenoxy) is 2. The molecule has 39 heavy (non-hydrogen) atoms. The third-order valence-corrected chi connectivity index (χ3v) is 13.0. The zero-order valence-electron chi connectivity index (χ0n) is 25.3. The van der Waals surface area contributed by atoms with Crippen molar-refractivity contribution in [3.8, 4) is 0 Å². The first-order valence-corrected chi connectivity index (χ1v) is 16.5. The Morgan fingerprint density at radius 1 is 0.872 bits per heavy atom. The third kappa shape index (κ3) is 5.27. The lowest BCUT2D eigenvalue weighted by atomic mass is 9.44. The summed E-state index contributed by atoms with van der Waals surface area (Å²) in [4.78, 5) is 0. The van der Waals surface area contributed by atoms with Crippen molar-refractivity contribution in [1.29, 1.82) is 0 Å². The van der Waals surface area contributed by atoms with Crippen molar-refractivity contribution >= 4 is 0 Å². The summed E-state index contributed by atoms with van der Waals surface area (Å²) in [7, 11) is 0. The molecule has 5 rings (SSSR count). The molecule has 0 spiro atoms. The highest BCUT2D eigenvalue weighted by molar-refractivity contribution is 5.11. The van der Waals surface area contributed by atoms with E-state index in [1.165, 1.54) is 64.2 Å². The van der Waals surface area contributed by atoms with Crippen molar-refractivity contribution in [2.45, 2.75) is 148 Å². The molecule has 6 heteroatoms. The molecule has 14 atom stereocenters. The van der Waals surface area contributed by atoms with Crippen LogP contribution in [-0.4, -0.2) is 63.8 Å². The van der Waals surface area contributed by atoms with Gasteiger partial charge in [-0.3, -0.25) is 0 Å². The van der Waals surface area contributed by atoms with Crippen LogP contribution in [0.5, 0.6) is 0 Å². The first-order chi connectivity index (χ1) is 18.5. The maximum absolute atomic E-state index is 10.9. The van der Waals surface area contributed by atoms with Gasteiger partial charge in [0.1, 0.15) is 24.4 Å². The summed E-state index contributed by atoms with van der Waals surface area (Å²) in [5, 5.41) is 41.6. The number of aliphatic hydroxyl groups excluding tert-OH is 4. The topological polar surface area (TPSA) is 99.4 Å². The minimum Gasteiger partial charge on any atom is -0.394 e. The Kier molecular flexibility index (Phi) is 9.14. The van der Waals surface area contributed by atoms with Gasteiger partial charge in [-0.05, 0) is 104 Å². The first kappa shape index (κ1) is 30.2. The second-order valence-electron chi connectivity index (χ2n) is 15.3. The van der Waals surface area contributed by atoms with Gasteiger partial charge < -0.3 is 29.9 Å². The van der Waals surface area contributed by atoms with Crippen LogP contribution in [0.3, 0.4) is 0 Å². The van der Waals surface area contributed by atoms with Crippen LogP contribution >= 0.6 is 0 Å². The van der Waals surface area contributed by atoms with E-state index in [-0.39, 0.29) is 11.5 Å². The molecule has 0 aromatic carbocycles. The lowest BCUT2D eigenvalue weighted by Gasteiger charge is -2.63. The molecule has 0 aromatic heterocycles. The largest absolute Gasteiger partial charge is 0.394 e. The van der Waals surface area contributed by atoms with E-state index in [0.29, 0.717) is 17.3 Å². The molecular formula is C33H58O6. The van der Waals surface area contributed by atoms with Gasteiger partial charge in [0.2, 0.25) is 0 Å². The summed E-state index contributed by atoms with van der Waals surface area (Å²) in [6, 6.07) is 0. The quantitative estimate of drug-likeness (QED) is 0.328. The molecule has 5 aliphatic rings. The Morgan fingerprint density at radius 3 is 2.36 bits per heavy atom. The van der Waals surface area contributed by atoms with Gasteiger partial charge >= 0.3 is 0 Å². The van der Waals surface area contributed by atoms with Crippen molar-refractivity contribution in [3.63, 3.8) is 0 Å². The third-order valence-electron chi connectivity index (χ3n) is 13.0. The zero-order valence-corrected chi connectivity index (χ0v) is 25.3. The van der Waals surface area contributed by atoms with Crippen LogP contribution in [-0.2, 0) is 9.47 Å². The normalized spacial score (nSPS) is 50.8. The van der Waals surface area contributed by atoms with Crippen LogP contribution in [0.1, 0.15) is 112 Å². The highest BCUT2D eigenvalue weighted by Gasteiger charge is 2.63. The van der Waals surface area contributed by atoms with Crippen LogP contribution in [0, 0.1) is 52.3 Å². The predicted molar refractivity (Wildman–Crippen MR) is 152 cm³/mol. The van der Waals surface area contributed by atoms with Crippen molar-refractivity contribution < 1.29 is 29.9 Å². The van der Waals surface area contributed by atoms with Crippen molar-refractivity contribution in [1.82, 2.24) is 0 Å². The molecule has 1 heterocycles. The fourth-order valence-corrected chi connectivity index (χ4v) is 10.9. The number of rotatable bonds is 8. The predicted octanol–water partition coefficient (Wildman–Crippen LogP) is 5.29. The lowest BCUT2D eigenvalue weighted by Crippen LogP contribution is -2.63. The molecule has 1 saturated heterocycles. The maximum Gasteiger partial charge on any atom is 0.184 e. The van der Waals surface area contributed by atoms with Gasteiger partial charge in [0.05, 0.1) is 12.7 Å². The second kappa shape index (κ2) is 11.8. The maximum atomic E-state index is 10.9. The smallest absolute Gasteiger partial charge is 0.184 e. The molecule has 4 saturated carbocycles. The average Bonchev–Trinajstić information content (AvgIpc) is 3.26. The van der Waals surface area contributed by atoms with E-state index in [1.54, 1.807) is 0 Å². The molecule has 0 radical (unpaired) electrons. The fraction of sp³-hybridized carbons (Fsp3) is 1.00. The van der Waals surface area contributed by atoms with E-state index in [9.17, 15) is 20.4 Å². The molecule has 4 aliphatic carbocycles. The number of fused-ring (bicyclic) bond motifs is 5. The molecule has 0 bridgehead atoms. The number of aliphatic hydroxyl groups is 4. The summed E-state index contributed by atoms with van der Waals surface area (Å²) < 4.78 is 11.9. The molecular weight excluding hydrogens is 492 g/mol. The minimum atomic E-state index is -1.46. The monoisotopic (exact) mass is 550 g/mol. The summed E-state index contributed by atoms with van der Waals surface area (Å²) in [6.45, 7) is 11.9. The Bertz CT molecular complexity index is 820. The van der Waals surface area contributed by atoms with Gasteiger partial charge in [-0.2, -0.15) is 0 Å². The van der Waals surface area contributed by atoms with E-state index in [1.807, 2.05) is 0 Å². The van der Waals surface area contributed by atoms with Gasteiger partial charge in [0.15, 0.2) is 6.29 Å². The van der Waals surface area contributed by atoms with Crippen molar-refractivity contribution in [2.24, 2.45) is 52.3 Å². The van der Waals surface area contributed by atoms with Crippen LogP contribution in [0.15, 0.2) is 0 Å². The van der Waals surface area contributed by atoms with Gasteiger partial charge in [-0.15, -0.1) is 0 Å². The second-order valence-corrected chi connectivity index (χ2v) is 15.3. The molecule has 2 unspecified atom stereocenters. The molecule has 0 amide bonds. The van der Waals surface area contributed by atoms with E-state index in [0.717, 1.165) is 42.4 Å². The lowest BCUT2D eigenvalue weighted by molar-refractivity contribution is -0.313. The van der Waals surface area contributed by atoms with E-state index >= 15 is 0 Å². The SMILES string of the molecule is CC(C)CCC[C@@H](C)[C@H]1CC[C@H]2[C@@H]3CCC4CCCC(O[C@@H]5[C@@H](O)[C@@H](O)O[C@H](CO)[C@@H]5O)[C@]4(C)[C@H]3CC[C@]12C. The standard InChI is InChI=1S/C33H58O6/c1-19(2)8-6-9-20(3)23-14-15-24-22-13-12-21-10-7-11-27(33(21,5)25(22)16-17-32(23,24)4)39-30-28(35)26(18-34)38-31(37)29(30)36/h19-31,34-37H,6-18H2,1-5H3/t20-,21?,22+,23-,24+,25+,26-,27?,28+,29-,30+,31+,32-,33+/m1/s1.